The molecule has 0 aromatic carbocycles. The van der Waals surface area contributed by atoms with Gasteiger partial charge in [0.2, 0.25) is 0 Å². The number of nitrogens with zero attached hydrogens (tertiary/aromatic N) is 4. The Labute approximate surface area is 128 Å². The van der Waals surface area contributed by atoms with E-state index in [-0.39, 0.29) is 0 Å². The molecule has 2 rings (SSSR count). The molecule has 0 aliphatic rings. The van der Waals surface area contributed by atoms with Gasteiger partial charge in [-0.05, 0) is 26.2 Å². The predicted molar refractivity (Wildman–Crippen MR) is 80.6 cm³/mol. The Hall–Kier alpha value is -1.63. The molecule has 6 nitrogen and oxygen atoms in total. The lowest BCUT2D eigenvalue weighted by atomic mass is 10.1. The first-order valence-electron chi connectivity index (χ1n) is 6.57. The summed E-state index contributed by atoms with van der Waals surface area (Å²) in [6.07, 6.45) is 2.20. The molecule has 0 saturated heterocycles. The van der Waals surface area contributed by atoms with Crippen LogP contribution in [0.1, 0.15) is 17.5 Å². The molecule has 2 aromatic heterocycles. The van der Waals surface area contributed by atoms with E-state index in [9.17, 15) is 5.11 Å². The summed E-state index contributed by atoms with van der Waals surface area (Å²) in [5.41, 5.74) is 0.948. The smallest absolute Gasteiger partial charge is 0.163 e. The van der Waals surface area contributed by atoms with Crippen molar-refractivity contribution >= 4 is 11.6 Å². The Balaban J connectivity index is 2.36. The first-order chi connectivity index (χ1) is 10.0. The van der Waals surface area contributed by atoms with Crippen LogP contribution in [0.5, 0.6) is 5.75 Å². The second-order valence-corrected chi connectivity index (χ2v) is 5.30. The Bertz CT molecular complexity index is 600. The third-order valence-electron chi connectivity index (χ3n) is 3.13. The number of aliphatic hydroxyl groups excluding tert-OH is 1. The van der Waals surface area contributed by atoms with Crippen molar-refractivity contribution in [3.8, 4) is 5.75 Å². The monoisotopic (exact) mass is 310 g/mol. The van der Waals surface area contributed by atoms with Crippen molar-refractivity contribution in [1.29, 1.82) is 0 Å². The molecule has 21 heavy (non-hydrogen) atoms. The van der Waals surface area contributed by atoms with E-state index in [1.807, 2.05) is 19.0 Å². The number of pyridine rings is 1. The third-order valence-corrected chi connectivity index (χ3v) is 3.45. The van der Waals surface area contributed by atoms with Crippen LogP contribution in [0.2, 0.25) is 5.02 Å². The van der Waals surface area contributed by atoms with Crippen LogP contribution in [0.15, 0.2) is 24.5 Å². The minimum absolute atomic E-state index is 0.393. The van der Waals surface area contributed by atoms with Crippen LogP contribution in [0.3, 0.4) is 0 Å². The lowest BCUT2D eigenvalue weighted by molar-refractivity contribution is 0.196. The summed E-state index contributed by atoms with van der Waals surface area (Å²) < 4.78 is 7.00. The molecule has 2 heterocycles. The summed E-state index contributed by atoms with van der Waals surface area (Å²) in [6.45, 7) is 1.42. The second-order valence-electron chi connectivity index (χ2n) is 4.90. The van der Waals surface area contributed by atoms with Crippen LogP contribution in [0.4, 0.5) is 0 Å². The minimum Gasteiger partial charge on any atom is -0.493 e. The van der Waals surface area contributed by atoms with Gasteiger partial charge in [0.1, 0.15) is 11.8 Å². The van der Waals surface area contributed by atoms with Crippen molar-refractivity contribution in [2.24, 2.45) is 0 Å². The summed E-state index contributed by atoms with van der Waals surface area (Å²) in [5.74, 6) is 0.517. The standard InChI is InChI=1S/C14H19ClN4O2/c1-18(2)7-8-19-13(11(21-3)9-17-19)14(20)12-10(15)5-4-6-16-12/h4-6,9,14,20H,7-8H2,1-3H3. The SMILES string of the molecule is COc1cnn(CCN(C)C)c1C(O)c1ncccc1Cl. The topological polar surface area (TPSA) is 63.4 Å². The summed E-state index contributed by atoms with van der Waals surface area (Å²) in [6, 6.07) is 3.42. The minimum atomic E-state index is -0.988. The van der Waals surface area contributed by atoms with E-state index in [0.717, 1.165) is 6.54 Å². The predicted octanol–water partition coefficient (Wildman–Crippen LogP) is 1.58. The van der Waals surface area contributed by atoms with E-state index >= 15 is 0 Å². The van der Waals surface area contributed by atoms with Crippen molar-refractivity contribution in [3.63, 3.8) is 0 Å². The zero-order valence-electron chi connectivity index (χ0n) is 12.3. The lowest BCUT2D eigenvalue weighted by Crippen LogP contribution is -2.21. The van der Waals surface area contributed by atoms with E-state index in [4.69, 9.17) is 16.3 Å². The van der Waals surface area contributed by atoms with Crippen molar-refractivity contribution in [2.45, 2.75) is 12.6 Å². The summed E-state index contributed by atoms with van der Waals surface area (Å²) in [5, 5.41) is 15.3. The lowest BCUT2D eigenvalue weighted by Gasteiger charge is -2.17. The maximum absolute atomic E-state index is 10.6. The average Bonchev–Trinajstić information content (AvgIpc) is 2.87. The van der Waals surface area contributed by atoms with Crippen molar-refractivity contribution < 1.29 is 9.84 Å². The molecule has 1 N–H and O–H groups in total. The van der Waals surface area contributed by atoms with E-state index < -0.39 is 6.10 Å². The highest BCUT2D eigenvalue weighted by atomic mass is 35.5. The molecule has 0 spiro atoms. The molecule has 0 saturated carbocycles. The molecule has 0 aliphatic carbocycles. The number of ether oxygens (including phenoxy) is 1. The summed E-state index contributed by atoms with van der Waals surface area (Å²) in [7, 11) is 5.50. The van der Waals surface area contributed by atoms with Gasteiger partial charge < -0.3 is 14.7 Å². The molecule has 114 valence electrons. The van der Waals surface area contributed by atoms with E-state index in [0.29, 0.717) is 28.7 Å². The number of hydrogen-bond donors (Lipinski definition) is 1. The molecular formula is C14H19ClN4O2. The van der Waals surface area contributed by atoms with Gasteiger partial charge >= 0.3 is 0 Å². The fraction of sp³-hybridized carbons (Fsp3) is 0.429. The fourth-order valence-corrected chi connectivity index (χ4v) is 2.24. The Kier molecular flexibility index (Phi) is 5.17. The van der Waals surface area contributed by atoms with Crippen LogP contribution >= 0.6 is 11.6 Å². The van der Waals surface area contributed by atoms with E-state index in [1.54, 1.807) is 36.3 Å². The second kappa shape index (κ2) is 6.89. The van der Waals surface area contributed by atoms with Crippen LogP contribution in [-0.4, -0.2) is 52.5 Å². The van der Waals surface area contributed by atoms with Gasteiger partial charge in [-0.25, -0.2) is 0 Å². The molecule has 0 amide bonds. The van der Waals surface area contributed by atoms with Gasteiger partial charge in [-0.1, -0.05) is 11.6 Å². The molecular weight excluding hydrogens is 292 g/mol. The average molecular weight is 311 g/mol. The van der Waals surface area contributed by atoms with Gasteiger partial charge in [-0.15, -0.1) is 0 Å². The number of rotatable bonds is 6. The number of hydrogen-bond acceptors (Lipinski definition) is 5. The number of likely N-dealkylation sites (N-methyl/N-ethyl adjacent to an activating group) is 1. The van der Waals surface area contributed by atoms with Gasteiger partial charge in [-0.2, -0.15) is 5.10 Å². The van der Waals surface area contributed by atoms with Gasteiger partial charge in [0.05, 0.1) is 30.6 Å². The van der Waals surface area contributed by atoms with Crippen LogP contribution in [0.25, 0.3) is 0 Å². The van der Waals surface area contributed by atoms with Gasteiger partial charge in [0.15, 0.2) is 5.75 Å². The highest BCUT2D eigenvalue weighted by Crippen LogP contribution is 2.32. The Morgan fingerprint density at radius 3 is 2.86 bits per heavy atom. The zero-order valence-corrected chi connectivity index (χ0v) is 13.1. The molecule has 2 aromatic rings. The number of methoxy groups -OCH3 is 1. The van der Waals surface area contributed by atoms with Crippen LogP contribution in [0, 0.1) is 0 Å². The van der Waals surface area contributed by atoms with Crippen molar-refractivity contribution in [1.82, 2.24) is 19.7 Å². The first kappa shape index (κ1) is 15.8. The van der Waals surface area contributed by atoms with Gasteiger partial charge in [-0.3, -0.25) is 9.67 Å². The fourth-order valence-electron chi connectivity index (χ4n) is 2.01. The quantitative estimate of drug-likeness (QED) is 0.877. The third kappa shape index (κ3) is 3.53. The van der Waals surface area contributed by atoms with E-state index in [2.05, 4.69) is 10.1 Å². The van der Waals surface area contributed by atoms with Crippen molar-refractivity contribution in [3.05, 3.63) is 40.9 Å². The van der Waals surface area contributed by atoms with Gasteiger partial charge in [0, 0.05) is 12.7 Å². The normalized spacial score (nSPS) is 12.7. The first-order valence-corrected chi connectivity index (χ1v) is 6.95. The van der Waals surface area contributed by atoms with Crippen LogP contribution in [-0.2, 0) is 6.54 Å². The number of aliphatic hydroxyl groups is 1. The van der Waals surface area contributed by atoms with Crippen molar-refractivity contribution in [2.75, 3.05) is 27.7 Å². The highest BCUT2D eigenvalue weighted by Gasteiger charge is 2.24. The molecule has 1 atom stereocenters. The molecule has 0 fully saturated rings. The summed E-state index contributed by atoms with van der Waals surface area (Å²) >= 11 is 6.11. The molecule has 1 unspecified atom stereocenters. The maximum atomic E-state index is 10.6. The largest absolute Gasteiger partial charge is 0.493 e. The number of aromatic nitrogens is 3. The molecule has 0 aliphatic heterocycles. The molecule has 0 bridgehead atoms. The number of halogens is 1. The maximum Gasteiger partial charge on any atom is 0.163 e. The summed E-state index contributed by atoms with van der Waals surface area (Å²) in [4.78, 5) is 6.20. The van der Waals surface area contributed by atoms with Gasteiger partial charge in [0.25, 0.3) is 0 Å². The zero-order chi connectivity index (χ0) is 15.4. The molecule has 0 radical (unpaired) electrons. The Morgan fingerprint density at radius 2 is 2.24 bits per heavy atom. The highest BCUT2D eigenvalue weighted by molar-refractivity contribution is 6.31. The Morgan fingerprint density at radius 1 is 1.48 bits per heavy atom. The van der Waals surface area contributed by atoms with E-state index in [1.165, 1.54) is 0 Å². The van der Waals surface area contributed by atoms with Crippen LogP contribution < -0.4 is 4.74 Å². The molecule has 7 heteroatoms.